The summed E-state index contributed by atoms with van der Waals surface area (Å²) >= 11 is 0. The first-order valence-corrected chi connectivity index (χ1v) is 5.94. The summed E-state index contributed by atoms with van der Waals surface area (Å²) < 4.78 is 41.7. The maximum atomic E-state index is 12.3. The van der Waals surface area contributed by atoms with E-state index >= 15 is 0 Å². The van der Waals surface area contributed by atoms with E-state index in [1.54, 1.807) is 11.8 Å². The SMILES string of the molecule is CO[C@H](C)C(=O)N1CCCN(CC(F)(F)F)CC1. The highest BCUT2D eigenvalue weighted by molar-refractivity contribution is 5.80. The van der Waals surface area contributed by atoms with Crippen molar-refractivity contribution in [3.05, 3.63) is 0 Å². The molecule has 1 amide bonds. The fourth-order valence-corrected chi connectivity index (χ4v) is 1.96. The molecule has 1 heterocycles. The number of carbonyl (C=O) groups excluding carboxylic acids is 1. The molecule has 1 atom stereocenters. The monoisotopic (exact) mass is 268 g/mol. The van der Waals surface area contributed by atoms with Crippen LogP contribution >= 0.6 is 0 Å². The Hall–Kier alpha value is -0.820. The quantitative estimate of drug-likeness (QED) is 0.769. The van der Waals surface area contributed by atoms with Crippen LogP contribution in [0.15, 0.2) is 0 Å². The normalized spacial score (nSPS) is 20.6. The van der Waals surface area contributed by atoms with Crippen molar-refractivity contribution in [3.63, 3.8) is 0 Å². The summed E-state index contributed by atoms with van der Waals surface area (Å²) in [7, 11) is 1.44. The van der Waals surface area contributed by atoms with E-state index in [-0.39, 0.29) is 12.5 Å². The molecule has 106 valence electrons. The van der Waals surface area contributed by atoms with Gasteiger partial charge in [0.1, 0.15) is 6.10 Å². The van der Waals surface area contributed by atoms with Crippen LogP contribution < -0.4 is 0 Å². The summed E-state index contributed by atoms with van der Waals surface area (Å²) in [6, 6.07) is 0. The fraction of sp³-hybridized carbons (Fsp3) is 0.909. The number of ether oxygens (including phenoxy) is 1. The molecule has 0 unspecified atom stereocenters. The molecule has 1 aliphatic rings. The zero-order chi connectivity index (χ0) is 13.8. The number of amides is 1. The molecular weight excluding hydrogens is 249 g/mol. The van der Waals surface area contributed by atoms with Gasteiger partial charge in [-0.1, -0.05) is 0 Å². The predicted octanol–water partition coefficient (Wildman–Crippen LogP) is 1.12. The van der Waals surface area contributed by atoms with E-state index in [0.717, 1.165) is 0 Å². The van der Waals surface area contributed by atoms with Crippen molar-refractivity contribution in [1.82, 2.24) is 9.80 Å². The molecule has 1 saturated heterocycles. The van der Waals surface area contributed by atoms with Gasteiger partial charge in [0.25, 0.3) is 5.91 Å². The summed E-state index contributed by atoms with van der Waals surface area (Å²) in [5.74, 6) is -0.161. The second-order valence-corrected chi connectivity index (χ2v) is 4.45. The predicted molar refractivity (Wildman–Crippen MR) is 60.2 cm³/mol. The largest absolute Gasteiger partial charge is 0.401 e. The van der Waals surface area contributed by atoms with Crippen molar-refractivity contribution >= 4 is 5.91 Å². The minimum absolute atomic E-state index is 0.161. The lowest BCUT2D eigenvalue weighted by molar-refractivity contribution is -0.146. The number of halogens is 3. The smallest absolute Gasteiger partial charge is 0.372 e. The first kappa shape index (κ1) is 15.2. The molecule has 0 aromatic heterocycles. The maximum Gasteiger partial charge on any atom is 0.401 e. The lowest BCUT2D eigenvalue weighted by Gasteiger charge is -2.24. The molecule has 0 aromatic rings. The second-order valence-electron chi connectivity index (χ2n) is 4.45. The van der Waals surface area contributed by atoms with Gasteiger partial charge < -0.3 is 9.64 Å². The average Bonchev–Trinajstić information content (AvgIpc) is 2.50. The Labute approximate surface area is 105 Å². The van der Waals surface area contributed by atoms with Gasteiger partial charge in [0, 0.05) is 33.3 Å². The Morgan fingerprint density at radius 1 is 1.28 bits per heavy atom. The van der Waals surface area contributed by atoms with Crippen molar-refractivity contribution in [2.24, 2.45) is 0 Å². The minimum Gasteiger partial charge on any atom is -0.372 e. The van der Waals surface area contributed by atoms with E-state index in [1.165, 1.54) is 12.0 Å². The summed E-state index contributed by atoms with van der Waals surface area (Å²) in [6.45, 7) is 2.16. The number of hydrogen-bond donors (Lipinski definition) is 0. The number of carbonyl (C=O) groups is 1. The Bertz CT molecular complexity index is 284. The third-order valence-corrected chi connectivity index (χ3v) is 3.00. The molecule has 0 N–H and O–H groups in total. The van der Waals surface area contributed by atoms with Crippen LogP contribution in [0.1, 0.15) is 13.3 Å². The summed E-state index contributed by atoms with van der Waals surface area (Å²) in [4.78, 5) is 14.7. The fourth-order valence-electron chi connectivity index (χ4n) is 1.96. The van der Waals surface area contributed by atoms with E-state index in [1.807, 2.05) is 0 Å². The highest BCUT2D eigenvalue weighted by Gasteiger charge is 2.32. The molecule has 7 heteroatoms. The minimum atomic E-state index is -4.18. The van der Waals surface area contributed by atoms with Crippen LogP contribution in [0.5, 0.6) is 0 Å². The molecule has 0 saturated carbocycles. The lowest BCUT2D eigenvalue weighted by atomic mass is 10.3. The van der Waals surface area contributed by atoms with Crippen molar-refractivity contribution in [1.29, 1.82) is 0 Å². The van der Waals surface area contributed by atoms with E-state index in [9.17, 15) is 18.0 Å². The molecule has 0 spiro atoms. The highest BCUT2D eigenvalue weighted by atomic mass is 19.4. The van der Waals surface area contributed by atoms with Gasteiger partial charge in [0.05, 0.1) is 6.54 Å². The first-order chi connectivity index (χ1) is 8.33. The maximum absolute atomic E-state index is 12.3. The number of methoxy groups -OCH3 is 1. The van der Waals surface area contributed by atoms with Gasteiger partial charge in [-0.3, -0.25) is 9.69 Å². The van der Waals surface area contributed by atoms with Gasteiger partial charge in [-0.05, 0) is 13.3 Å². The summed E-state index contributed by atoms with van der Waals surface area (Å²) in [5.41, 5.74) is 0. The first-order valence-electron chi connectivity index (χ1n) is 5.94. The zero-order valence-corrected chi connectivity index (χ0v) is 10.7. The van der Waals surface area contributed by atoms with Gasteiger partial charge in [-0.15, -0.1) is 0 Å². The zero-order valence-electron chi connectivity index (χ0n) is 10.7. The standard InChI is InChI=1S/C11H19F3N2O2/c1-9(18-2)10(17)16-5-3-4-15(6-7-16)8-11(12,13)14/h9H,3-8H2,1-2H3/t9-/m1/s1. The molecule has 1 aliphatic heterocycles. The molecular formula is C11H19F3N2O2. The lowest BCUT2D eigenvalue weighted by Crippen LogP contribution is -2.42. The average molecular weight is 268 g/mol. The number of rotatable bonds is 3. The van der Waals surface area contributed by atoms with Crippen LogP contribution in [0.3, 0.4) is 0 Å². The number of hydrogen-bond acceptors (Lipinski definition) is 3. The third kappa shape index (κ3) is 4.81. The van der Waals surface area contributed by atoms with Gasteiger partial charge in [-0.25, -0.2) is 0 Å². The Morgan fingerprint density at radius 3 is 2.50 bits per heavy atom. The van der Waals surface area contributed by atoms with Crippen LogP contribution in [0.4, 0.5) is 13.2 Å². The molecule has 0 radical (unpaired) electrons. The summed E-state index contributed by atoms with van der Waals surface area (Å²) in [6.07, 6.45) is -4.17. The van der Waals surface area contributed by atoms with Crippen molar-refractivity contribution in [2.75, 3.05) is 39.8 Å². The molecule has 4 nitrogen and oxygen atoms in total. The van der Waals surface area contributed by atoms with Gasteiger partial charge in [0.15, 0.2) is 0 Å². The molecule has 1 fully saturated rings. The topological polar surface area (TPSA) is 32.8 Å². The van der Waals surface area contributed by atoms with E-state index in [4.69, 9.17) is 4.74 Å². The molecule has 0 bridgehead atoms. The highest BCUT2D eigenvalue weighted by Crippen LogP contribution is 2.17. The van der Waals surface area contributed by atoms with Crippen LogP contribution in [0.25, 0.3) is 0 Å². The summed E-state index contributed by atoms with van der Waals surface area (Å²) in [5, 5.41) is 0. The van der Waals surface area contributed by atoms with Crippen LogP contribution in [0, 0.1) is 0 Å². The van der Waals surface area contributed by atoms with E-state index < -0.39 is 18.8 Å². The Kier molecular flexibility index (Phi) is 5.40. The molecule has 1 rings (SSSR count). The number of nitrogens with zero attached hydrogens (tertiary/aromatic N) is 2. The molecule has 0 aliphatic carbocycles. The van der Waals surface area contributed by atoms with Crippen molar-refractivity contribution in [3.8, 4) is 0 Å². The van der Waals surface area contributed by atoms with Gasteiger partial charge in [-0.2, -0.15) is 13.2 Å². The Balaban J connectivity index is 2.48. The molecule has 18 heavy (non-hydrogen) atoms. The van der Waals surface area contributed by atoms with E-state index in [0.29, 0.717) is 26.1 Å². The van der Waals surface area contributed by atoms with Crippen molar-refractivity contribution in [2.45, 2.75) is 25.6 Å². The van der Waals surface area contributed by atoms with E-state index in [2.05, 4.69) is 0 Å². The Morgan fingerprint density at radius 2 is 1.94 bits per heavy atom. The van der Waals surface area contributed by atoms with Crippen LogP contribution in [0.2, 0.25) is 0 Å². The van der Waals surface area contributed by atoms with Gasteiger partial charge >= 0.3 is 6.18 Å². The molecule has 0 aromatic carbocycles. The van der Waals surface area contributed by atoms with Gasteiger partial charge in [0.2, 0.25) is 0 Å². The van der Waals surface area contributed by atoms with Crippen LogP contribution in [-0.4, -0.2) is 67.8 Å². The number of alkyl halides is 3. The van der Waals surface area contributed by atoms with Crippen LogP contribution in [-0.2, 0) is 9.53 Å². The second kappa shape index (κ2) is 6.38. The van der Waals surface area contributed by atoms with Crippen molar-refractivity contribution < 1.29 is 22.7 Å². The third-order valence-electron chi connectivity index (χ3n) is 3.00.